The number of benzene rings is 1. The van der Waals surface area contributed by atoms with E-state index in [1.165, 1.54) is 12.1 Å². The van der Waals surface area contributed by atoms with Crippen molar-refractivity contribution in [1.29, 1.82) is 5.26 Å². The van der Waals surface area contributed by atoms with E-state index in [1.54, 1.807) is 6.07 Å². The summed E-state index contributed by atoms with van der Waals surface area (Å²) in [6.07, 6.45) is -4.11. The zero-order valence-electron chi connectivity index (χ0n) is 9.45. The second kappa shape index (κ2) is 4.72. The molecular weight excluding hydrogens is 262 g/mol. The Morgan fingerprint density at radius 1 is 1.32 bits per heavy atom. The molecule has 98 valence electrons. The van der Waals surface area contributed by atoms with Crippen LogP contribution in [-0.4, -0.2) is 9.78 Å². The maximum atomic E-state index is 13.1. The minimum Gasteiger partial charge on any atom is -0.228 e. The predicted molar refractivity (Wildman–Crippen MR) is 57.8 cm³/mol. The van der Waals surface area contributed by atoms with E-state index in [4.69, 9.17) is 5.26 Å². The zero-order chi connectivity index (χ0) is 14.0. The lowest BCUT2D eigenvalue weighted by molar-refractivity contribution is -0.143. The van der Waals surface area contributed by atoms with Gasteiger partial charge in [-0.2, -0.15) is 23.5 Å². The molecule has 3 nitrogen and oxygen atoms in total. The normalized spacial score (nSPS) is 11.3. The van der Waals surface area contributed by atoms with Gasteiger partial charge in [-0.15, -0.1) is 0 Å². The molecule has 1 heterocycles. The van der Waals surface area contributed by atoms with Crippen molar-refractivity contribution in [2.75, 3.05) is 0 Å². The van der Waals surface area contributed by atoms with Gasteiger partial charge in [-0.1, -0.05) is 6.07 Å². The van der Waals surface area contributed by atoms with Gasteiger partial charge in [0, 0.05) is 5.56 Å². The second-order valence-corrected chi connectivity index (χ2v) is 3.74. The molecule has 0 radical (unpaired) electrons. The first-order chi connectivity index (χ1) is 8.93. The molecule has 0 amide bonds. The maximum absolute atomic E-state index is 13.1. The summed E-state index contributed by atoms with van der Waals surface area (Å²) in [5.41, 5.74) is -1.34. The predicted octanol–water partition coefficient (Wildman–Crippen LogP) is 3.10. The molecule has 1 aromatic heterocycles. The number of alkyl halides is 3. The third-order valence-electron chi connectivity index (χ3n) is 2.44. The molecule has 0 aliphatic heterocycles. The third kappa shape index (κ3) is 2.57. The molecule has 19 heavy (non-hydrogen) atoms. The quantitative estimate of drug-likeness (QED) is 0.786. The highest BCUT2D eigenvalue weighted by Crippen LogP contribution is 2.33. The van der Waals surface area contributed by atoms with E-state index >= 15 is 0 Å². The van der Waals surface area contributed by atoms with Gasteiger partial charge in [0.15, 0.2) is 5.69 Å². The van der Waals surface area contributed by atoms with Crippen LogP contribution in [0, 0.1) is 17.1 Å². The first-order valence-corrected chi connectivity index (χ1v) is 5.20. The molecular formula is C12H7F4N3. The fourth-order valence-corrected chi connectivity index (χ4v) is 1.70. The Morgan fingerprint density at radius 3 is 2.63 bits per heavy atom. The lowest BCUT2D eigenvalue weighted by Gasteiger charge is -2.11. The summed E-state index contributed by atoms with van der Waals surface area (Å²) in [6, 6.07) is 6.30. The Kier molecular flexibility index (Phi) is 3.25. The van der Waals surface area contributed by atoms with Crippen LogP contribution >= 0.6 is 0 Å². The van der Waals surface area contributed by atoms with Crippen LogP contribution < -0.4 is 0 Å². The topological polar surface area (TPSA) is 41.6 Å². The first-order valence-electron chi connectivity index (χ1n) is 5.20. The van der Waals surface area contributed by atoms with E-state index in [0.29, 0.717) is 4.68 Å². The summed E-state index contributed by atoms with van der Waals surface area (Å²) in [7, 11) is 0. The number of halogens is 4. The molecule has 0 aliphatic carbocycles. The summed E-state index contributed by atoms with van der Waals surface area (Å²) in [5, 5.41) is 12.1. The summed E-state index contributed by atoms with van der Waals surface area (Å²) in [4.78, 5) is 0. The SMILES string of the molecule is N#CCc1cnn(-c2cccc(F)c2)c1C(F)(F)F. The molecule has 0 atom stereocenters. The van der Waals surface area contributed by atoms with Gasteiger partial charge < -0.3 is 0 Å². The van der Waals surface area contributed by atoms with E-state index in [1.807, 2.05) is 0 Å². The van der Waals surface area contributed by atoms with Crippen LogP contribution in [-0.2, 0) is 12.6 Å². The fourth-order valence-electron chi connectivity index (χ4n) is 1.70. The Balaban J connectivity index is 2.62. The van der Waals surface area contributed by atoms with Gasteiger partial charge in [0.25, 0.3) is 0 Å². The Hall–Kier alpha value is -2.36. The van der Waals surface area contributed by atoms with E-state index in [9.17, 15) is 17.6 Å². The maximum Gasteiger partial charge on any atom is 0.433 e. The standard InChI is InChI=1S/C12H7F4N3/c13-9-2-1-3-10(6-9)19-11(12(14,15)16)8(4-5-17)7-18-19/h1-3,6-7H,4H2. The number of nitriles is 1. The molecule has 0 fully saturated rings. The van der Waals surface area contributed by atoms with E-state index < -0.39 is 24.1 Å². The van der Waals surface area contributed by atoms with Crippen LogP contribution in [0.25, 0.3) is 5.69 Å². The number of hydrogen-bond acceptors (Lipinski definition) is 2. The van der Waals surface area contributed by atoms with Crippen LogP contribution in [0.3, 0.4) is 0 Å². The van der Waals surface area contributed by atoms with Crippen molar-refractivity contribution in [2.24, 2.45) is 0 Å². The third-order valence-corrected chi connectivity index (χ3v) is 2.44. The van der Waals surface area contributed by atoms with Crippen LogP contribution in [0.15, 0.2) is 30.5 Å². The molecule has 1 aromatic carbocycles. The summed E-state index contributed by atoms with van der Waals surface area (Å²) < 4.78 is 52.6. The highest BCUT2D eigenvalue weighted by atomic mass is 19.4. The first kappa shape index (κ1) is 13.1. The zero-order valence-corrected chi connectivity index (χ0v) is 9.45. The Morgan fingerprint density at radius 2 is 2.05 bits per heavy atom. The van der Waals surface area contributed by atoms with Gasteiger partial charge in [0.05, 0.1) is 24.4 Å². The molecule has 0 spiro atoms. The van der Waals surface area contributed by atoms with Crippen LogP contribution in [0.2, 0.25) is 0 Å². The average molecular weight is 269 g/mol. The highest BCUT2D eigenvalue weighted by Gasteiger charge is 2.38. The molecule has 0 bridgehead atoms. The molecule has 7 heteroatoms. The molecule has 2 rings (SSSR count). The second-order valence-electron chi connectivity index (χ2n) is 3.74. The van der Waals surface area contributed by atoms with Crippen molar-refractivity contribution < 1.29 is 17.6 Å². The van der Waals surface area contributed by atoms with E-state index in [2.05, 4.69) is 5.10 Å². The fraction of sp³-hybridized carbons (Fsp3) is 0.167. The minimum atomic E-state index is -4.67. The van der Waals surface area contributed by atoms with E-state index in [-0.39, 0.29) is 11.3 Å². The molecule has 2 aromatic rings. The van der Waals surface area contributed by atoms with Crippen molar-refractivity contribution in [3.05, 3.63) is 47.5 Å². The Labute approximate surface area is 105 Å². The minimum absolute atomic E-state index is 0.0449. The van der Waals surface area contributed by atoms with Gasteiger partial charge in [0.2, 0.25) is 0 Å². The van der Waals surface area contributed by atoms with Crippen LogP contribution in [0.1, 0.15) is 11.3 Å². The van der Waals surface area contributed by atoms with Crippen molar-refractivity contribution in [1.82, 2.24) is 9.78 Å². The van der Waals surface area contributed by atoms with Gasteiger partial charge in [-0.05, 0) is 18.2 Å². The number of aromatic nitrogens is 2. The molecule has 0 saturated carbocycles. The van der Waals surface area contributed by atoms with Gasteiger partial charge in [-0.3, -0.25) is 0 Å². The average Bonchev–Trinajstić information content (AvgIpc) is 2.73. The van der Waals surface area contributed by atoms with Crippen LogP contribution in [0.4, 0.5) is 17.6 Å². The van der Waals surface area contributed by atoms with E-state index in [0.717, 1.165) is 18.3 Å². The lowest BCUT2D eigenvalue weighted by atomic mass is 10.2. The van der Waals surface area contributed by atoms with Crippen molar-refractivity contribution in [3.8, 4) is 11.8 Å². The number of nitrogens with zero attached hydrogens (tertiary/aromatic N) is 3. The molecule has 0 N–H and O–H groups in total. The molecule has 0 unspecified atom stereocenters. The largest absolute Gasteiger partial charge is 0.433 e. The number of hydrogen-bond donors (Lipinski definition) is 0. The van der Waals surface area contributed by atoms with Crippen molar-refractivity contribution in [3.63, 3.8) is 0 Å². The smallest absolute Gasteiger partial charge is 0.228 e. The monoisotopic (exact) mass is 269 g/mol. The number of rotatable bonds is 2. The molecule has 0 aliphatic rings. The molecule has 0 saturated heterocycles. The van der Waals surface area contributed by atoms with Crippen LogP contribution in [0.5, 0.6) is 0 Å². The lowest BCUT2D eigenvalue weighted by Crippen LogP contribution is -2.15. The highest BCUT2D eigenvalue weighted by molar-refractivity contribution is 5.37. The van der Waals surface area contributed by atoms with Gasteiger partial charge in [-0.25, -0.2) is 9.07 Å². The summed E-state index contributed by atoms with van der Waals surface area (Å²) >= 11 is 0. The summed E-state index contributed by atoms with van der Waals surface area (Å²) in [5.74, 6) is -0.664. The van der Waals surface area contributed by atoms with Gasteiger partial charge >= 0.3 is 6.18 Å². The summed E-state index contributed by atoms with van der Waals surface area (Å²) in [6.45, 7) is 0. The van der Waals surface area contributed by atoms with Crippen molar-refractivity contribution >= 4 is 0 Å². The Bertz CT molecular complexity index is 637. The van der Waals surface area contributed by atoms with Gasteiger partial charge in [0.1, 0.15) is 5.82 Å². The van der Waals surface area contributed by atoms with Crippen molar-refractivity contribution in [2.45, 2.75) is 12.6 Å².